The van der Waals surface area contributed by atoms with E-state index in [9.17, 15) is 13.2 Å². The standard InChI is InChI=1S/C24H21ClN4O3S3/c1-35(31,32)29(21-9-5-8-20(25)14-21)15-17-10-12-19(13-11-17)22(30)26-23-27-28-24(34-23)33-16-18-6-3-2-4-7-18/h2-14H,15-16H2,1H3,(H,26,27,30). The molecule has 0 unspecified atom stereocenters. The first-order chi connectivity index (χ1) is 16.8. The molecule has 0 atom stereocenters. The van der Waals surface area contributed by atoms with E-state index in [1.807, 2.05) is 30.3 Å². The second-order valence-electron chi connectivity index (χ2n) is 7.55. The van der Waals surface area contributed by atoms with Crippen molar-refractivity contribution in [1.82, 2.24) is 10.2 Å². The van der Waals surface area contributed by atoms with Crippen LogP contribution in [0.2, 0.25) is 5.02 Å². The van der Waals surface area contributed by atoms with Gasteiger partial charge in [0, 0.05) is 16.3 Å². The molecule has 35 heavy (non-hydrogen) atoms. The van der Waals surface area contributed by atoms with Crippen molar-refractivity contribution in [2.45, 2.75) is 16.6 Å². The van der Waals surface area contributed by atoms with Crippen LogP contribution in [-0.2, 0) is 22.3 Å². The Morgan fingerprint density at radius 1 is 1.00 bits per heavy atom. The fourth-order valence-corrected chi connectivity index (χ4v) is 5.93. The smallest absolute Gasteiger partial charge is 0.257 e. The number of nitrogens with one attached hydrogen (secondary N) is 1. The third-order valence-corrected chi connectivity index (χ3v) is 8.29. The zero-order valence-electron chi connectivity index (χ0n) is 18.6. The van der Waals surface area contributed by atoms with E-state index in [0.717, 1.165) is 21.9 Å². The molecule has 0 aliphatic heterocycles. The fraction of sp³-hybridized carbons (Fsp3) is 0.125. The summed E-state index contributed by atoms with van der Waals surface area (Å²) < 4.78 is 26.8. The number of benzene rings is 3. The van der Waals surface area contributed by atoms with Gasteiger partial charge in [-0.05, 0) is 41.5 Å². The number of thioether (sulfide) groups is 1. The molecular weight excluding hydrogens is 524 g/mol. The van der Waals surface area contributed by atoms with Crippen molar-refractivity contribution in [3.05, 3.63) is 101 Å². The topological polar surface area (TPSA) is 92.3 Å². The molecule has 1 heterocycles. The number of aromatic nitrogens is 2. The molecule has 11 heteroatoms. The van der Waals surface area contributed by atoms with Crippen molar-refractivity contribution in [1.29, 1.82) is 0 Å². The van der Waals surface area contributed by atoms with Crippen LogP contribution < -0.4 is 9.62 Å². The molecule has 0 aliphatic rings. The number of carbonyl (C=O) groups is 1. The quantitative estimate of drug-likeness (QED) is 0.214. The van der Waals surface area contributed by atoms with Gasteiger partial charge in [0.15, 0.2) is 4.34 Å². The molecule has 0 radical (unpaired) electrons. The molecule has 3 aromatic carbocycles. The van der Waals surface area contributed by atoms with Gasteiger partial charge in [0.2, 0.25) is 15.2 Å². The summed E-state index contributed by atoms with van der Waals surface area (Å²) in [4.78, 5) is 12.7. The van der Waals surface area contributed by atoms with Crippen molar-refractivity contribution in [3.8, 4) is 0 Å². The highest BCUT2D eigenvalue weighted by molar-refractivity contribution is 8.00. The van der Waals surface area contributed by atoms with Crippen LogP contribution >= 0.6 is 34.7 Å². The summed E-state index contributed by atoms with van der Waals surface area (Å²) in [6, 6.07) is 23.4. The third kappa shape index (κ3) is 7.04. The average molecular weight is 545 g/mol. The van der Waals surface area contributed by atoms with Gasteiger partial charge in [-0.2, -0.15) is 0 Å². The normalized spacial score (nSPS) is 11.3. The van der Waals surface area contributed by atoms with Gasteiger partial charge in [0.05, 0.1) is 18.5 Å². The van der Waals surface area contributed by atoms with Crippen molar-refractivity contribution in [2.75, 3.05) is 15.9 Å². The SMILES string of the molecule is CS(=O)(=O)N(Cc1ccc(C(=O)Nc2nnc(SCc3ccccc3)s2)cc1)c1cccc(Cl)c1. The van der Waals surface area contributed by atoms with Crippen LogP contribution in [0.5, 0.6) is 0 Å². The Bertz CT molecular complexity index is 1410. The van der Waals surface area contributed by atoms with Gasteiger partial charge in [-0.1, -0.05) is 83.2 Å². The summed E-state index contributed by atoms with van der Waals surface area (Å²) in [5.41, 5.74) is 2.81. The van der Waals surface area contributed by atoms with E-state index in [1.165, 1.54) is 21.2 Å². The molecule has 180 valence electrons. The molecule has 1 N–H and O–H groups in total. The molecule has 0 fully saturated rings. The van der Waals surface area contributed by atoms with Crippen LogP contribution in [0.25, 0.3) is 0 Å². The summed E-state index contributed by atoms with van der Waals surface area (Å²) in [6.45, 7) is 0.111. The molecule has 1 aromatic heterocycles. The summed E-state index contributed by atoms with van der Waals surface area (Å²) in [7, 11) is -3.54. The minimum atomic E-state index is -3.54. The highest BCUT2D eigenvalue weighted by Gasteiger charge is 2.19. The second-order valence-corrected chi connectivity index (χ2v) is 12.1. The van der Waals surface area contributed by atoms with E-state index >= 15 is 0 Å². The van der Waals surface area contributed by atoms with Crippen molar-refractivity contribution in [3.63, 3.8) is 0 Å². The van der Waals surface area contributed by atoms with Crippen molar-refractivity contribution < 1.29 is 13.2 Å². The number of hydrogen-bond acceptors (Lipinski definition) is 7. The Labute approximate surface area is 217 Å². The first-order valence-corrected chi connectivity index (χ1v) is 14.4. The first kappa shape index (κ1) is 25.2. The maximum atomic E-state index is 12.7. The molecule has 4 rings (SSSR count). The first-order valence-electron chi connectivity index (χ1n) is 10.4. The molecule has 0 spiro atoms. The van der Waals surface area contributed by atoms with Gasteiger partial charge < -0.3 is 0 Å². The number of carbonyl (C=O) groups excluding carboxylic acids is 1. The molecule has 1 amide bonds. The van der Waals surface area contributed by atoms with Gasteiger partial charge in [0.25, 0.3) is 5.91 Å². The van der Waals surface area contributed by atoms with E-state index in [-0.39, 0.29) is 12.5 Å². The van der Waals surface area contributed by atoms with Gasteiger partial charge in [0.1, 0.15) is 0 Å². The Hall–Kier alpha value is -2.92. The minimum Gasteiger partial charge on any atom is -0.296 e. The molecular formula is C24H21ClN4O3S3. The Morgan fingerprint density at radius 2 is 1.74 bits per heavy atom. The lowest BCUT2D eigenvalue weighted by Crippen LogP contribution is -2.29. The molecule has 0 bridgehead atoms. The lowest BCUT2D eigenvalue weighted by molar-refractivity contribution is 0.102. The predicted octanol–water partition coefficient (Wildman–Crippen LogP) is 5.70. The third-order valence-electron chi connectivity index (χ3n) is 4.87. The van der Waals surface area contributed by atoms with Crippen LogP contribution in [0, 0.1) is 0 Å². The van der Waals surface area contributed by atoms with Crippen LogP contribution in [0.4, 0.5) is 10.8 Å². The van der Waals surface area contributed by atoms with E-state index < -0.39 is 10.0 Å². The van der Waals surface area contributed by atoms with Gasteiger partial charge in [-0.25, -0.2) is 8.42 Å². The van der Waals surface area contributed by atoms with E-state index in [1.54, 1.807) is 60.3 Å². The zero-order valence-corrected chi connectivity index (χ0v) is 21.8. The second kappa shape index (κ2) is 11.2. The fourth-order valence-electron chi connectivity index (χ4n) is 3.17. The van der Waals surface area contributed by atoms with E-state index in [4.69, 9.17) is 11.6 Å². The van der Waals surface area contributed by atoms with Gasteiger partial charge in [-0.3, -0.25) is 14.4 Å². The van der Waals surface area contributed by atoms with E-state index in [2.05, 4.69) is 15.5 Å². The Morgan fingerprint density at radius 3 is 2.43 bits per heavy atom. The number of sulfonamides is 1. The lowest BCUT2D eigenvalue weighted by atomic mass is 10.1. The number of anilines is 2. The van der Waals surface area contributed by atoms with Crippen LogP contribution in [0.15, 0.2) is 83.2 Å². The maximum absolute atomic E-state index is 12.7. The predicted molar refractivity (Wildman–Crippen MR) is 143 cm³/mol. The van der Waals surface area contributed by atoms with Gasteiger partial charge in [-0.15, -0.1) is 10.2 Å². The number of halogens is 1. The van der Waals surface area contributed by atoms with Crippen LogP contribution in [0.3, 0.4) is 0 Å². The van der Waals surface area contributed by atoms with Crippen molar-refractivity contribution in [2.24, 2.45) is 0 Å². The molecule has 4 aromatic rings. The monoisotopic (exact) mass is 544 g/mol. The molecule has 7 nitrogen and oxygen atoms in total. The number of rotatable bonds is 9. The largest absolute Gasteiger partial charge is 0.296 e. The highest BCUT2D eigenvalue weighted by atomic mass is 35.5. The Balaban J connectivity index is 1.38. The molecule has 0 saturated heterocycles. The van der Waals surface area contributed by atoms with E-state index in [0.29, 0.717) is 21.4 Å². The summed E-state index contributed by atoms with van der Waals surface area (Å²) in [5.74, 6) is 0.451. The minimum absolute atomic E-state index is 0.111. The van der Waals surface area contributed by atoms with Crippen molar-refractivity contribution >= 4 is 61.4 Å². The van der Waals surface area contributed by atoms with Crippen LogP contribution in [-0.4, -0.2) is 30.8 Å². The number of hydrogen-bond donors (Lipinski definition) is 1. The molecule has 0 aliphatic carbocycles. The lowest BCUT2D eigenvalue weighted by Gasteiger charge is -2.22. The van der Waals surface area contributed by atoms with Crippen LogP contribution in [0.1, 0.15) is 21.5 Å². The zero-order chi connectivity index (χ0) is 24.8. The van der Waals surface area contributed by atoms with Gasteiger partial charge >= 0.3 is 0 Å². The summed E-state index contributed by atoms with van der Waals surface area (Å²) in [6.07, 6.45) is 1.14. The summed E-state index contributed by atoms with van der Waals surface area (Å²) in [5, 5.41) is 11.8. The number of amides is 1. The summed E-state index contributed by atoms with van der Waals surface area (Å²) >= 11 is 8.91. The number of nitrogens with zero attached hydrogens (tertiary/aromatic N) is 3. The average Bonchev–Trinajstić information content (AvgIpc) is 3.28. The molecule has 0 saturated carbocycles. The maximum Gasteiger partial charge on any atom is 0.257 e. The highest BCUT2D eigenvalue weighted by Crippen LogP contribution is 2.29. The Kier molecular flexibility index (Phi) is 8.07.